The van der Waals surface area contributed by atoms with Gasteiger partial charge in [0.15, 0.2) is 15.9 Å². The number of nitrogens with one attached hydrogen (secondary N) is 1. The molecule has 0 unspecified atom stereocenters. The van der Waals surface area contributed by atoms with Gasteiger partial charge in [-0.2, -0.15) is 26.3 Å². The van der Waals surface area contributed by atoms with E-state index in [0.29, 0.717) is 19.1 Å². The molecule has 15 heteroatoms. The number of halogens is 6. The molecule has 2 aliphatic rings. The van der Waals surface area contributed by atoms with Crippen LogP contribution in [0.1, 0.15) is 79.5 Å². The van der Waals surface area contributed by atoms with E-state index >= 15 is 0 Å². The molecule has 1 amide bonds. The molecule has 296 valence electrons. The monoisotopic (exact) mass is 790 g/mol. The number of likely N-dealkylation sites (tertiary alicyclic amines) is 2. The maximum atomic E-state index is 14.7. The molecule has 2 saturated heterocycles. The Labute approximate surface area is 316 Å². The minimum absolute atomic E-state index is 0.0495. The highest BCUT2D eigenvalue weighted by Crippen LogP contribution is 2.41. The molecule has 0 saturated carbocycles. The quantitative estimate of drug-likeness (QED) is 0.152. The Kier molecular flexibility index (Phi) is 11.8. The first-order valence-electron chi connectivity index (χ1n) is 18.4. The lowest BCUT2D eigenvalue weighted by Crippen LogP contribution is -2.44. The van der Waals surface area contributed by atoms with Gasteiger partial charge < -0.3 is 15.0 Å². The second kappa shape index (κ2) is 16.1. The molecule has 0 radical (unpaired) electrons. The first-order valence-corrected chi connectivity index (χ1v) is 20.1. The summed E-state index contributed by atoms with van der Waals surface area (Å²) < 4.78 is 120. The summed E-state index contributed by atoms with van der Waals surface area (Å²) in [6.45, 7) is 7.78. The number of amides is 1. The zero-order valence-electron chi connectivity index (χ0n) is 30.8. The summed E-state index contributed by atoms with van der Waals surface area (Å²) >= 11 is 0. The van der Waals surface area contributed by atoms with Crippen LogP contribution in [0.3, 0.4) is 0 Å². The van der Waals surface area contributed by atoms with Crippen molar-refractivity contribution >= 4 is 26.6 Å². The molecule has 8 nitrogen and oxygen atoms in total. The lowest BCUT2D eigenvalue weighted by Gasteiger charge is -2.37. The number of ether oxygens (including phenoxy) is 1. The number of hydrogen-bond acceptors (Lipinski definition) is 7. The van der Waals surface area contributed by atoms with Crippen molar-refractivity contribution in [2.45, 2.75) is 88.4 Å². The Morgan fingerprint density at radius 3 is 2.20 bits per heavy atom. The van der Waals surface area contributed by atoms with E-state index in [0.717, 1.165) is 50.9 Å². The fourth-order valence-corrected chi connectivity index (χ4v) is 8.75. The van der Waals surface area contributed by atoms with Gasteiger partial charge in [-0.15, -0.1) is 0 Å². The van der Waals surface area contributed by atoms with Gasteiger partial charge in [0, 0.05) is 29.1 Å². The SMILES string of the molecule is CCS(=O)(=O)c1c(OC(C)C)ccc2c(C(=O)N[C@H](c3ccccc3)C(F)(F)F)c(CN3CCC(N4CCCC4)CC3)c(-c3cccc(C(F)(F)F)c3)nc12. The summed E-state index contributed by atoms with van der Waals surface area (Å²) in [5.74, 6) is -1.72. The van der Waals surface area contributed by atoms with Gasteiger partial charge in [0.25, 0.3) is 5.91 Å². The van der Waals surface area contributed by atoms with Crippen molar-refractivity contribution in [1.82, 2.24) is 20.1 Å². The van der Waals surface area contributed by atoms with Crippen LogP contribution in [0, 0.1) is 0 Å². The molecule has 3 heterocycles. The fraction of sp³-hybridized carbons (Fsp3) is 0.450. The summed E-state index contributed by atoms with van der Waals surface area (Å²) in [5, 5.41) is 2.08. The molecule has 2 aliphatic heterocycles. The average molecular weight is 791 g/mol. The minimum atomic E-state index is -4.95. The molecule has 1 atom stereocenters. The number of piperidine rings is 1. The fourth-order valence-electron chi connectivity index (χ4n) is 7.59. The van der Waals surface area contributed by atoms with Crippen LogP contribution in [-0.2, 0) is 22.6 Å². The third-order valence-corrected chi connectivity index (χ3v) is 12.0. The van der Waals surface area contributed by atoms with Crippen molar-refractivity contribution in [2.24, 2.45) is 0 Å². The minimum Gasteiger partial charge on any atom is -0.490 e. The molecule has 3 aromatic carbocycles. The van der Waals surface area contributed by atoms with Gasteiger partial charge in [-0.3, -0.25) is 9.69 Å². The Morgan fingerprint density at radius 2 is 1.60 bits per heavy atom. The first kappa shape index (κ1) is 40.5. The number of aromatic nitrogens is 1. The largest absolute Gasteiger partial charge is 0.490 e. The maximum Gasteiger partial charge on any atom is 0.416 e. The van der Waals surface area contributed by atoms with Crippen molar-refractivity contribution in [3.63, 3.8) is 0 Å². The van der Waals surface area contributed by atoms with Crippen LogP contribution < -0.4 is 10.1 Å². The zero-order valence-corrected chi connectivity index (χ0v) is 31.6. The number of sulfone groups is 1. The third-order valence-electron chi connectivity index (χ3n) is 10.3. The number of hydrogen-bond donors (Lipinski definition) is 1. The van der Waals surface area contributed by atoms with Crippen molar-refractivity contribution in [3.8, 4) is 17.0 Å². The zero-order chi connectivity index (χ0) is 39.7. The summed E-state index contributed by atoms with van der Waals surface area (Å²) in [5.41, 5.74) is -2.02. The van der Waals surface area contributed by atoms with Crippen molar-refractivity contribution in [2.75, 3.05) is 31.9 Å². The predicted molar refractivity (Wildman–Crippen MR) is 197 cm³/mol. The summed E-state index contributed by atoms with van der Waals surface area (Å²) in [6.07, 6.45) is -6.45. The lowest BCUT2D eigenvalue weighted by molar-refractivity contribution is -0.155. The molecule has 0 bridgehead atoms. The number of nitrogens with zero attached hydrogens (tertiary/aromatic N) is 3. The number of alkyl halides is 6. The molecule has 0 aliphatic carbocycles. The highest BCUT2D eigenvalue weighted by molar-refractivity contribution is 7.91. The Balaban J connectivity index is 1.62. The second-order valence-corrected chi connectivity index (χ2v) is 16.6. The number of carbonyl (C=O) groups excluding carboxylic acids is 1. The van der Waals surface area contributed by atoms with E-state index < -0.39 is 56.5 Å². The summed E-state index contributed by atoms with van der Waals surface area (Å²) in [4.78, 5) is 23.5. The molecule has 0 spiro atoms. The van der Waals surface area contributed by atoms with E-state index in [1.165, 1.54) is 61.5 Å². The molecular formula is C40H44F6N4O4S. The highest BCUT2D eigenvalue weighted by Gasteiger charge is 2.43. The van der Waals surface area contributed by atoms with Gasteiger partial charge in [0.05, 0.1) is 34.2 Å². The van der Waals surface area contributed by atoms with E-state index in [9.17, 15) is 39.6 Å². The van der Waals surface area contributed by atoms with Crippen LogP contribution in [0.4, 0.5) is 26.3 Å². The van der Waals surface area contributed by atoms with Gasteiger partial charge in [-0.1, -0.05) is 49.4 Å². The first-order chi connectivity index (χ1) is 26.0. The van der Waals surface area contributed by atoms with Crippen molar-refractivity contribution < 1.29 is 44.3 Å². The molecular weight excluding hydrogens is 747 g/mol. The van der Waals surface area contributed by atoms with E-state index in [-0.39, 0.29) is 51.1 Å². The van der Waals surface area contributed by atoms with Crippen LogP contribution in [0.25, 0.3) is 22.2 Å². The van der Waals surface area contributed by atoms with Crippen molar-refractivity contribution in [3.05, 3.63) is 89.0 Å². The number of rotatable bonds is 11. The number of benzene rings is 3. The van der Waals surface area contributed by atoms with E-state index in [4.69, 9.17) is 9.72 Å². The van der Waals surface area contributed by atoms with Crippen molar-refractivity contribution in [1.29, 1.82) is 0 Å². The van der Waals surface area contributed by atoms with Gasteiger partial charge >= 0.3 is 12.4 Å². The Hall–Kier alpha value is -4.21. The van der Waals surface area contributed by atoms with Gasteiger partial charge in [0.1, 0.15) is 10.6 Å². The molecule has 6 rings (SSSR count). The number of fused-ring (bicyclic) bond motifs is 1. The van der Waals surface area contributed by atoms with Crippen LogP contribution >= 0.6 is 0 Å². The molecule has 2 fully saturated rings. The predicted octanol–water partition coefficient (Wildman–Crippen LogP) is 8.60. The van der Waals surface area contributed by atoms with E-state index in [1.807, 2.05) is 4.90 Å². The molecule has 1 aromatic heterocycles. The highest BCUT2D eigenvalue weighted by atomic mass is 32.2. The molecule has 1 N–H and O–H groups in total. The standard InChI is InChI=1S/C40H44F6N4O4S/c1-4-55(52,53)36-32(54-25(2)3)16-15-30-33(38(51)48-37(40(44,45)46)26-11-6-5-7-12-26)31(24-49-21-17-29(18-22-49)50-19-8-9-20-50)34(47-35(30)36)27-13-10-14-28(23-27)39(41,42)43/h5-7,10-16,23,25,29,37H,4,8-9,17-22,24H2,1-3H3,(H,48,51)/t37-/m1/s1. The number of pyridine rings is 1. The maximum absolute atomic E-state index is 14.7. The van der Waals surface area contributed by atoms with Gasteiger partial charge in [0.2, 0.25) is 0 Å². The molecule has 4 aromatic rings. The normalized spacial score (nSPS) is 17.2. The topological polar surface area (TPSA) is 91.8 Å². The van der Waals surface area contributed by atoms with Crippen LogP contribution in [0.15, 0.2) is 71.6 Å². The lowest BCUT2D eigenvalue weighted by atomic mass is 9.93. The second-order valence-electron chi connectivity index (χ2n) is 14.4. The van der Waals surface area contributed by atoms with E-state index in [1.54, 1.807) is 13.8 Å². The summed E-state index contributed by atoms with van der Waals surface area (Å²) in [7, 11) is -4.21. The van der Waals surface area contributed by atoms with Gasteiger partial charge in [-0.05, 0) is 95.5 Å². The smallest absolute Gasteiger partial charge is 0.416 e. The Bertz CT molecular complexity index is 2110. The third kappa shape index (κ3) is 8.94. The van der Waals surface area contributed by atoms with Crippen LogP contribution in [0.2, 0.25) is 0 Å². The van der Waals surface area contributed by atoms with Gasteiger partial charge in [-0.25, -0.2) is 13.4 Å². The van der Waals surface area contributed by atoms with Crippen LogP contribution in [-0.4, -0.2) is 79.4 Å². The van der Waals surface area contributed by atoms with E-state index in [2.05, 4.69) is 10.2 Å². The average Bonchev–Trinajstić information content (AvgIpc) is 3.68. The van der Waals surface area contributed by atoms with Crippen LogP contribution in [0.5, 0.6) is 5.75 Å². The number of carbonyl (C=O) groups is 1. The molecule has 55 heavy (non-hydrogen) atoms. The Morgan fingerprint density at radius 1 is 0.927 bits per heavy atom. The summed E-state index contributed by atoms with van der Waals surface area (Å²) in [6, 6.07) is 11.6.